The Balaban J connectivity index is 2.08. The van der Waals surface area contributed by atoms with Gasteiger partial charge in [-0.2, -0.15) is 11.3 Å². The first-order chi connectivity index (χ1) is 10.8. The van der Waals surface area contributed by atoms with Crippen molar-refractivity contribution in [2.24, 2.45) is 0 Å². The maximum atomic E-state index is 12.3. The number of hydrogen-bond donors (Lipinski definition) is 2. The predicted molar refractivity (Wildman–Crippen MR) is 92.1 cm³/mol. The minimum atomic E-state index is -1.03. The van der Waals surface area contributed by atoms with Crippen LogP contribution >= 0.6 is 11.3 Å². The molecule has 0 aliphatic rings. The van der Waals surface area contributed by atoms with E-state index in [1.165, 1.54) is 11.3 Å². The Hall–Kier alpha value is -2.14. The first kappa shape index (κ1) is 17.2. The van der Waals surface area contributed by atoms with E-state index in [9.17, 15) is 14.7 Å². The van der Waals surface area contributed by atoms with Crippen LogP contribution in [0.2, 0.25) is 0 Å². The molecule has 2 aromatic rings. The van der Waals surface area contributed by atoms with E-state index in [1.54, 1.807) is 12.1 Å². The zero-order valence-electron chi connectivity index (χ0n) is 13.5. The average molecular weight is 331 g/mol. The Labute approximate surface area is 140 Å². The van der Waals surface area contributed by atoms with Gasteiger partial charge in [0.25, 0.3) is 5.91 Å². The van der Waals surface area contributed by atoms with Gasteiger partial charge in [0.15, 0.2) is 0 Å². The van der Waals surface area contributed by atoms with Gasteiger partial charge in [0.05, 0.1) is 0 Å². The third-order valence-electron chi connectivity index (χ3n) is 3.64. The normalized spacial score (nSPS) is 12.7. The fourth-order valence-corrected chi connectivity index (χ4v) is 2.89. The quantitative estimate of drug-likeness (QED) is 0.881. The Kier molecular flexibility index (Phi) is 5.21. The maximum Gasteiger partial charge on any atom is 0.326 e. The molecule has 0 fully saturated rings. The summed E-state index contributed by atoms with van der Waals surface area (Å²) in [6, 6.07) is 8.22. The third-order valence-corrected chi connectivity index (χ3v) is 4.37. The van der Waals surface area contributed by atoms with Crippen LogP contribution in [0.1, 0.15) is 42.3 Å². The SMILES string of the molecule is CC(C)(C)c1ccc(C(=O)NC(Cc2ccsc2)C(=O)O)cc1. The van der Waals surface area contributed by atoms with Crippen LogP contribution in [0.15, 0.2) is 41.1 Å². The minimum Gasteiger partial charge on any atom is -0.480 e. The summed E-state index contributed by atoms with van der Waals surface area (Å²) in [5.41, 5.74) is 2.51. The number of benzene rings is 1. The molecule has 0 bridgehead atoms. The van der Waals surface area contributed by atoms with E-state index in [4.69, 9.17) is 0 Å². The van der Waals surface area contributed by atoms with Crippen molar-refractivity contribution in [3.05, 3.63) is 57.8 Å². The number of carboxylic acids is 1. The molecule has 0 aliphatic heterocycles. The molecule has 1 atom stereocenters. The number of nitrogens with one attached hydrogen (secondary N) is 1. The van der Waals surface area contributed by atoms with E-state index in [-0.39, 0.29) is 17.7 Å². The summed E-state index contributed by atoms with van der Waals surface area (Å²) in [5.74, 6) is -1.40. The number of carboxylic acid groups (broad SMARTS) is 1. The molecule has 0 spiro atoms. The van der Waals surface area contributed by atoms with Gasteiger partial charge in [-0.15, -0.1) is 0 Å². The summed E-state index contributed by atoms with van der Waals surface area (Å²) < 4.78 is 0. The lowest BCUT2D eigenvalue weighted by Gasteiger charge is -2.19. The third kappa shape index (κ3) is 4.66. The van der Waals surface area contributed by atoms with Gasteiger partial charge >= 0.3 is 5.97 Å². The molecule has 1 aromatic heterocycles. The van der Waals surface area contributed by atoms with E-state index in [0.717, 1.165) is 11.1 Å². The number of amides is 1. The van der Waals surface area contributed by atoms with E-state index in [0.29, 0.717) is 5.56 Å². The van der Waals surface area contributed by atoms with Gasteiger partial charge in [0.1, 0.15) is 6.04 Å². The number of rotatable bonds is 5. The van der Waals surface area contributed by atoms with Crippen molar-refractivity contribution in [1.29, 1.82) is 0 Å². The molecule has 4 nitrogen and oxygen atoms in total. The molecule has 122 valence electrons. The molecule has 1 aromatic carbocycles. The first-order valence-corrected chi connectivity index (χ1v) is 8.37. The number of hydrogen-bond acceptors (Lipinski definition) is 3. The Morgan fingerprint density at radius 1 is 1.17 bits per heavy atom. The largest absolute Gasteiger partial charge is 0.480 e. The maximum absolute atomic E-state index is 12.3. The fourth-order valence-electron chi connectivity index (χ4n) is 2.21. The summed E-state index contributed by atoms with van der Waals surface area (Å²) >= 11 is 1.51. The molecule has 1 amide bonds. The van der Waals surface area contributed by atoms with Crippen LogP contribution in [0.3, 0.4) is 0 Å². The first-order valence-electron chi connectivity index (χ1n) is 7.42. The van der Waals surface area contributed by atoms with Crippen molar-refractivity contribution >= 4 is 23.2 Å². The highest BCUT2D eigenvalue weighted by atomic mass is 32.1. The molecule has 5 heteroatoms. The Bertz CT molecular complexity index is 669. The van der Waals surface area contributed by atoms with Crippen LogP contribution in [-0.2, 0) is 16.6 Å². The summed E-state index contributed by atoms with van der Waals surface area (Å²) in [6.45, 7) is 6.30. The van der Waals surface area contributed by atoms with Crippen molar-refractivity contribution in [1.82, 2.24) is 5.32 Å². The number of carbonyl (C=O) groups is 2. The highest BCUT2D eigenvalue weighted by Gasteiger charge is 2.22. The van der Waals surface area contributed by atoms with Crippen molar-refractivity contribution in [2.75, 3.05) is 0 Å². The molecule has 2 N–H and O–H groups in total. The van der Waals surface area contributed by atoms with Gasteiger partial charge in [-0.25, -0.2) is 4.79 Å². The van der Waals surface area contributed by atoms with E-state index in [1.807, 2.05) is 29.0 Å². The second-order valence-corrected chi connectivity index (χ2v) is 7.31. The van der Waals surface area contributed by atoms with Gasteiger partial charge in [0.2, 0.25) is 0 Å². The zero-order chi connectivity index (χ0) is 17.0. The minimum absolute atomic E-state index is 0.0115. The standard InChI is InChI=1S/C18H21NO3S/c1-18(2,3)14-6-4-13(5-7-14)16(20)19-15(17(21)22)10-12-8-9-23-11-12/h4-9,11,15H,10H2,1-3H3,(H,19,20)(H,21,22). The van der Waals surface area contributed by atoms with Gasteiger partial charge in [-0.05, 0) is 45.5 Å². The van der Waals surface area contributed by atoms with Crippen LogP contribution in [-0.4, -0.2) is 23.0 Å². The Morgan fingerprint density at radius 3 is 2.30 bits per heavy atom. The Morgan fingerprint density at radius 2 is 1.83 bits per heavy atom. The molecule has 0 aliphatic carbocycles. The van der Waals surface area contributed by atoms with Crippen molar-refractivity contribution in [2.45, 2.75) is 38.6 Å². The molecule has 1 heterocycles. The van der Waals surface area contributed by atoms with Crippen molar-refractivity contribution in [3.63, 3.8) is 0 Å². The second kappa shape index (κ2) is 6.96. The summed E-state index contributed by atoms with van der Waals surface area (Å²) in [5, 5.41) is 15.7. The number of aliphatic carboxylic acids is 1. The number of thiophene rings is 1. The molecule has 0 saturated heterocycles. The monoisotopic (exact) mass is 331 g/mol. The molecule has 23 heavy (non-hydrogen) atoms. The van der Waals surface area contributed by atoms with Gasteiger partial charge in [0, 0.05) is 12.0 Å². The fraction of sp³-hybridized carbons (Fsp3) is 0.333. The van der Waals surface area contributed by atoms with E-state index >= 15 is 0 Å². The van der Waals surface area contributed by atoms with Gasteiger partial charge in [-0.3, -0.25) is 4.79 Å². The summed E-state index contributed by atoms with van der Waals surface area (Å²) in [4.78, 5) is 23.6. The van der Waals surface area contributed by atoms with Gasteiger partial charge in [-0.1, -0.05) is 32.9 Å². The molecule has 2 rings (SSSR count). The smallest absolute Gasteiger partial charge is 0.326 e. The lowest BCUT2D eigenvalue weighted by Crippen LogP contribution is -2.42. The highest BCUT2D eigenvalue weighted by Crippen LogP contribution is 2.22. The number of carbonyl (C=O) groups excluding carboxylic acids is 1. The molecule has 0 saturated carbocycles. The lowest BCUT2D eigenvalue weighted by molar-refractivity contribution is -0.139. The zero-order valence-corrected chi connectivity index (χ0v) is 14.3. The van der Waals surface area contributed by atoms with Crippen LogP contribution in [0, 0.1) is 0 Å². The summed E-state index contributed by atoms with van der Waals surface area (Å²) in [7, 11) is 0. The second-order valence-electron chi connectivity index (χ2n) is 6.53. The topological polar surface area (TPSA) is 66.4 Å². The van der Waals surface area contributed by atoms with Crippen LogP contribution < -0.4 is 5.32 Å². The molecule has 1 unspecified atom stereocenters. The van der Waals surface area contributed by atoms with Gasteiger partial charge < -0.3 is 10.4 Å². The van der Waals surface area contributed by atoms with Crippen LogP contribution in [0.25, 0.3) is 0 Å². The van der Waals surface area contributed by atoms with E-state index in [2.05, 4.69) is 26.1 Å². The van der Waals surface area contributed by atoms with Crippen molar-refractivity contribution < 1.29 is 14.7 Å². The van der Waals surface area contributed by atoms with Crippen molar-refractivity contribution in [3.8, 4) is 0 Å². The molecular formula is C18H21NO3S. The predicted octanol–water partition coefficient (Wildman–Crippen LogP) is 3.47. The average Bonchev–Trinajstić information content (AvgIpc) is 2.98. The molecule has 0 radical (unpaired) electrons. The van der Waals surface area contributed by atoms with E-state index < -0.39 is 12.0 Å². The summed E-state index contributed by atoms with van der Waals surface area (Å²) in [6.07, 6.45) is 0.282. The van der Waals surface area contributed by atoms with Crippen LogP contribution in [0.5, 0.6) is 0 Å². The highest BCUT2D eigenvalue weighted by molar-refractivity contribution is 7.07. The lowest BCUT2D eigenvalue weighted by atomic mass is 9.86. The van der Waals surface area contributed by atoms with Crippen LogP contribution in [0.4, 0.5) is 0 Å². The molecular weight excluding hydrogens is 310 g/mol.